The number of hydrogen-bond acceptors (Lipinski definition) is 4. The maximum absolute atomic E-state index is 10.5. The van der Waals surface area contributed by atoms with Crippen LogP contribution in [-0.2, 0) is 0 Å². The molecular weight excluding hydrogens is 322 g/mol. The lowest BCUT2D eigenvalue weighted by atomic mass is 9.87. The van der Waals surface area contributed by atoms with Gasteiger partial charge in [-0.25, -0.2) is 0 Å². The Morgan fingerprint density at radius 3 is 2.90 bits per heavy atom. The number of nitrogens with one attached hydrogen (secondary N) is 1. The first kappa shape index (κ1) is 14.8. The zero-order valence-electron chi connectivity index (χ0n) is 11.5. The third-order valence-electron chi connectivity index (χ3n) is 3.24. The lowest BCUT2D eigenvalue weighted by Crippen LogP contribution is -2.48. The fraction of sp³-hybridized carbons (Fsp3) is 0.429. The first-order valence-corrected chi connectivity index (χ1v) is 7.00. The fourth-order valence-electron chi connectivity index (χ4n) is 2.20. The molecule has 5 nitrogen and oxygen atoms in total. The van der Waals surface area contributed by atoms with Gasteiger partial charge in [-0.3, -0.25) is 10.3 Å². The van der Waals surface area contributed by atoms with Crippen molar-refractivity contribution < 1.29 is 9.84 Å². The predicted octanol–water partition coefficient (Wildman–Crippen LogP) is 2.51. The Labute approximate surface area is 126 Å². The number of hydrogen-bond donors (Lipinski definition) is 2. The summed E-state index contributed by atoms with van der Waals surface area (Å²) in [4.78, 5) is 4.42. The van der Waals surface area contributed by atoms with Crippen LogP contribution in [0.4, 0.5) is 0 Å². The van der Waals surface area contributed by atoms with E-state index in [2.05, 4.69) is 26.2 Å². The van der Waals surface area contributed by atoms with E-state index in [1.165, 1.54) is 0 Å². The number of nitriles is 1. The number of benzene rings is 1. The van der Waals surface area contributed by atoms with Gasteiger partial charge in [-0.1, -0.05) is 15.9 Å². The van der Waals surface area contributed by atoms with E-state index in [0.717, 1.165) is 10.0 Å². The average Bonchev–Trinajstić information content (AvgIpc) is 2.36. The van der Waals surface area contributed by atoms with Crippen molar-refractivity contribution in [2.45, 2.75) is 38.5 Å². The number of nitrogens with zero attached hydrogens (tertiary/aromatic N) is 2. The van der Waals surface area contributed by atoms with E-state index in [1.54, 1.807) is 6.92 Å². The summed E-state index contributed by atoms with van der Waals surface area (Å²) in [6.45, 7) is 5.33. The van der Waals surface area contributed by atoms with Crippen LogP contribution in [0.25, 0.3) is 0 Å². The molecule has 0 saturated heterocycles. The van der Waals surface area contributed by atoms with Crippen molar-refractivity contribution in [2.24, 2.45) is 4.99 Å². The Balaban J connectivity index is 2.51. The SMILES string of the molecule is CC(=N[C@H]1c2cc(Br)ccc2OC(C)(C)[C@@H]1O)NC#N. The average molecular weight is 338 g/mol. The largest absolute Gasteiger partial charge is 0.485 e. The lowest BCUT2D eigenvalue weighted by molar-refractivity contribution is -0.0567. The molecule has 0 aromatic heterocycles. The minimum Gasteiger partial charge on any atom is -0.485 e. The molecule has 20 heavy (non-hydrogen) atoms. The molecule has 1 aliphatic heterocycles. The first-order chi connectivity index (χ1) is 9.35. The van der Waals surface area contributed by atoms with Crippen molar-refractivity contribution >= 4 is 21.8 Å². The molecule has 1 heterocycles. The lowest BCUT2D eigenvalue weighted by Gasteiger charge is -2.40. The minimum absolute atomic E-state index is 0.458. The van der Waals surface area contributed by atoms with Crippen molar-refractivity contribution in [3.8, 4) is 11.9 Å². The van der Waals surface area contributed by atoms with Gasteiger partial charge in [0, 0.05) is 10.0 Å². The summed E-state index contributed by atoms with van der Waals surface area (Å²) in [5.74, 6) is 1.15. The molecule has 0 bridgehead atoms. The Morgan fingerprint density at radius 1 is 1.55 bits per heavy atom. The van der Waals surface area contributed by atoms with Gasteiger partial charge in [0.1, 0.15) is 29.3 Å². The number of aliphatic hydroxyl groups is 1. The van der Waals surface area contributed by atoms with Crippen molar-refractivity contribution in [1.82, 2.24) is 5.32 Å². The van der Waals surface area contributed by atoms with E-state index in [4.69, 9.17) is 10.00 Å². The van der Waals surface area contributed by atoms with Crippen LogP contribution >= 0.6 is 15.9 Å². The number of amidine groups is 1. The summed E-state index contributed by atoms with van der Waals surface area (Å²) in [5.41, 5.74) is 0.0485. The molecule has 0 unspecified atom stereocenters. The van der Waals surface area contributed by atoms with E-state index in [9.17, 15) is 5.11 Å². The van der Waals surface area contributed by atoms with Crippen LogP contribution < -0.4 is 10.1 Å². The van der Waals surface area contributed by atoms with Gasteiger partial charge in [0.25, 0.3) is 0 Å². The van der Waals surface area contributed by atoms with Crippen molar-refractivity contribution in [1.29, 1.82) is 5.26 Å². The number of fused-ring (bicyclic) bond motifs is 1. The van der Waals surface area contributed by atoms with Gasteiger partial charge in [0.2, 0.25) is 0 Å². The van der Waals surface area contributed by atoms with Gasteiger partial charge in [0.05, 0.1) is 0 Å². The van der Waals surface area contributed by atoms with Crippen LogP contribution in [0.1, 0.15) is 32.4 Å². The minimum atomic E-state index is -0.806. The van der Waals surface area contributed by atoms with Crippen LogP contribution in [0, 0.1) is 11.5 Å². The predicted molar refractivity (Wildman–Crippen MR) is 79.5 cm³/mol. The molecule has 1 aliphatic rings. The Kier molecular flexibility index (Phi) is 4.02. The van der Waals surface area contributed by atoms with Crippen LogP contribution in [0.5, 0.6) is 5.75 Å². The summed E-state index contributed by atoms with van der Waals surface area (Å²) in [6.07, 6.45) is 1.02. The molecule has 106 valence electrons. The van der Waals surface area contributed by atoms with Gasteiger partial charge < -0.3 is 9.84 Å². The summed E-state index contributed by atoms with van der Waals surface area (Å²) in [5, 5.41) is 21.6. The normalized spacial score (nSPS) is 24.3. The third kappa shape index (κ3) is 2.79. The second kappa shape index (κ2) is 5.43. The van der Waals surface area contributed by atoms with E-state index in [1.807, 2.05) is 38.2 Å². The van der Waals surface area contributed by atoms with Crippen LogP contribution in [-0.4, -0.2) is 22.6 Å². The fourth-order valence-corrected chi connectivity index (χ4v) is 2.58. The molecule has 2 atom stereocenters. The summed E-state index contributed by atoms with van der Waals surface area (Å²) >= 11 is 3.41. The molecule has 2 rings (SSSR count). The summed E-state index contributed by atoms with van der Waals surface area (Å²) < 4.78 is 6.72. The number of rotatable bonds is 1. The van der Waals surface area contributed by atoms with Crippen molar-refractivity contribution in [3.63, 3.8) is 0 Å². The highest BCUT2D eigenvalue weighted by molar-refractivity contribution is 9.10. The highest BCUT2D eigenvalue weighted by atomic mass is 79.9. The monoisotopic (exact) mass is 337 g/mol. The quantitative estimate of drug-likeness (QED) is 0.357. The molecule has 0 fully saturated rings. The van der Waals surface area contributed by atoms with E-state index in [-0.39, 0.29) is 0 Å². The van der Waals surface area contributed by atoms with Crippen LogP contribution in [0.2, 0.25) is 0 Å². The maximum atomic E-state index is 10.5. The van der Waals surface area contributed by atoms with Gasteiger partial charge in [0.15, 0.2) is 6.19 Å². The van der Waals surface area contributed by atoms with Gasteiger partial charge in [-0.2, -0.15) is 5.26 Å². The molecule has 6 heteroatoms. The summed E-state index contributed by atoms with van der Waals surface area (Å²) in [6, 6.07) is 5.13. The van der Waals surface area contributed by atoms with Crippen LogP contribution in [0.3, 0.4) is 0 Å². The number of aliphatic hydroxyl groups excluding tert-OH is 1. The maximum Gasteiger partial charge on any atom is 0.182 e. The number of ether oxygens (including phenoxy) is 1. The van der Waals surface area contributed by atoms with E-state index >= 15 is 0 Å². The molecule has 0 amide bonds. The Hall–Kier alpha value is -1.58. The zero-order valence-corrected chi connectivity index (χ0v) is 13.1. The van der Waals surface area contributed by atoms with E-state index in [0.29, 0.717) is 11.6 Å². The molecule has 0 saturated carbocycles. The first-order valence-electron chi connectivity index (χ1n) is 6.21. The molecule has 0 aliphatic carbocycles. The third-order valence-corrected chi connectivity index (χ3v) is 3.74. The van der Waals surface area contributed by atoms with Gasteiger partial charge in [-0.15, -0.1) is 0 Å². The van der Waals surface area contributed by atoms with Crippen molar-refractivity contribution in [2.75, 3.05) is 0 Å². The summed E-state index contributed by atoms with van der Waals surface area (Å²) in [7, 11) is 0. The molecule has 1 aromatic carbocycles. The molecular formula is C14H16BrN3O2. The standard InChI is InChI=1S/C14H16BrN3O2/c1-8(17-7-16)18-12-10-6-9(15)4-5-11(10)20-14(2,3)13(12)19/h4-6,12-13,19H,1-3H3,(H,17,18)/t12-,13+/m0/s1. The molecule has 1 aromatic rings. The Morgan fingerprint density at radius 2 is 2.25 bits per heavy atom. The smallest absolute Gasteiger partial charge is 0.182 e. The topological polar surface area (TPSA) is 77.6 Å². The zero-order chi connectivity index (χ0) is 14.9. The number of halogens is 1. The second-order valence-electron chi connectivity index (χ2n) is 5.23. The van der Waals surface area contributed by atoms with Crippen LogP contribution in [0.15, 0.2) is 27.7 Å². The number of aliphatic imine (C=N–C) groups is 1. The van der Waals surface area contributed by atoms with Gasteiger partial charge in [-0.05, 0) is 39.0 Å². The second-order valence-corrected chi connectivity index (χ2v) is 6.14. The highest BCUT2D eigenvalue weighted by Crippen LogP contribution is 2.42. The van der Waals surface area contributed by atoms with Crippen molar-refractivity contribution in [3.05, 3.63) is 28.2 Å². The highest BCUT2D eigenvalue weighted by Gasteiger charge is 2.43. The van der Waals surface area contributed by atoms with E-state index < -0.39 is 17.7 Å². The molecule has 0 spiro atoms. The molecule has 2 N–H and O–H groups in total. The Bertz CT molecular complexity index is 593. The molecule has 0 radical (unpaired) electrons. The van der Waals surface area contributed by atoms with Gasteiger partial charge >= 0.3 is 0 Å².